The van der Waals surface area contributed by atoms with E-state index in [1.807, 2.05) is 0 Å². The van der Waals surface area contributed by atoms with E-state index in [9.17, 15) is 18.0 Å². The number of ether oxygens (including phenoxy) is 1. The normalized spacial score (nSPS) is 10.7. The number of alkyl halides is 2. The summed E-state index contributed by atoms with van der Waals surface area (Å²) in [5.74, 6) is -1.43. The Morgan fingerprint density at radius 2 is 2.24 bits per heavy atom. The number of pyridine rings is 1. The minimum Gasteiger partial charge on any atom is -0.466 e. The lowest BCUT2D eigenvalue weighted by Crippen LogP contribution is -2.12. The molecule has 3 nitrogen and oxygen atoms in total. The molecule has 0 spiro atoms. The van der Waals surface area contributed by atoms with Gasteiger partial charge >= 0.3 is 5.97 Å². The summed E-state index contributed by atoms with van der Waals surface area (Å²) in [6.45, 7) is 1.79. The predicted octanol–water partition coefficient (Wildman–Crippen LogP) is 2.87. The molecular formula is C10H9F3INO2. The zero-order chi connectivity index (χ0) is 13.0. The molecular weight excluding hydrogens is 350 g/mol. The first-order chi connectivity index (χ1) is 7.95. The highest BCUT2D eigenvalue weighted by Gasteiger charge is 2.18. The highest BCUT2D eigenvalue weighted by atomic mass is 127. The van der Waals surface area contributed by atoms with Crippen molar-refractivity contribution in [1.29, 1.82) is 0 Å². The summed E-state index contributed by atoms with van der Waals surface area (Å²) in [6.07, 6.45) is -3.19. The van der Waals surface area contributed by atoms with Gasteiger partial charge in [0, 0.05) is 6.07 Å². The largest absolute Gasteiger partial charge is 0.466 e. The summed E-state index contributed by atoms with van der Waals surface area (Å²) < 4.78 is 42.8. The van der Waals surface area contributed by atoms with Gasteiger partial charge in [0.05, 0.1) is 22.3 Å². The molecule has 1 aromatic heterocycles. The van der Waals surface area contributed by atoms with Crippen LogP contribution in [-0.2, 0) is 16.0 Å². The number of carbonyl (C=O) groups excluding carboxylic acids is 1. The Kier molecular flexibility index (Phi) is 5.16. The first-order valence-corrected chi connectivity index (χ1v) is 5.82. The van der Waals surface area contributed by atoms with Crippen LogP contribution in [0.1, 0.15) is 24.7 Å². The van der Waals surface area contributed by atoms with Gasteiger partial charge in [0.15, 0.2) is 0 Å². The fraction of sp³-hybridized carbons (Fsp3) is 0.400. The Labute approximate surface area is 110 Å². The van der Waals surface area contributed by atoms with Crippen LogP contribution in [0.2, 0.25) is 0 Å². The Balaban J connectivity index is 3.01. The van der Waals surface area contributed by atoms with Gasteiger partial charge in [-0.1, -0.05) is 0 Å². The molecule has 0 saturated carbocycles. The zero-order valence-electron chi connectivity index (χ0n) is 8.84. The smallest absolute Gasteiger partial charge is 0.311 e. The van der Waals surface area contributed by atoms with Crippen LogP contribution in [0.5, 0.6) is 0 Å². The molecule has 0 bridgehead atoms. The SMILES string of the molecule is CCOC(=O)Cc1nc(C(F)F)cc(F)c1I. The third kappa shape index (κ3) is 3.83. The molecule has 0 aliphatic carbocycles. The van der Waals surface area contributed by atoms with Gasteiger partial charge in [0.2, 0.25) is 0 Å². The van der Waals surface area contributed by atoms with Crippen LogP contribution in [0.25, 0.3) is 0 Å². The van der Waals surface area contributed by atoms with Gasteiger partial charge in [-0.3, -0.25) is 4.79 Å². The number of hydrogen-bond acceptors (Lipinski definition) is 3. The Hall–Kier alpha value is -0.860. The summed E-state index contributed by atoms with van der Waals surface area (Å²) in [4.78, 5) is 14.7. The van der Waals surface area contributed by atoms with E-state index in [2.05, 4.69) is 9.72 Å². The van der Waals surface area contributed by atoms with Crippen LogP contribution in [-0.4, -0.2) is 17.6 Å². The molecule has 7 heteroatoms. The topological polar surface area (TPSA) is 39.2 Å². The number of esters is 1. The number of rotatable bonds is 4. The summed E-state index contributed by atoms with van der Waals surface area (Å²) in [5, 5.41) is 0. The number of aromatic nitrogens is 1. The lowest BCUT2D eigenvalue weighted by molar-refractivity contribution is -0.142. The van der Waals surface area contributed by atoms with E-state index in [0.717, 1.165) is 0 Å². The minimum atomic E-state index is -2.87. The summed E-state index contributed by atoms with van der Waals surface area (Å²) in [6, 6.07) is 0.668. The van der Waals surface area contributed by atoms with Crippen LogP contribution < -0.4 is 0 Å². The van der Waals surface area contributed by atoms with Gasteiger partial charge in [-0.2, -0.15) is 0 Å². The monoisotopic (exact) mass is 359 g/mol. The molecule has 0 atom stereocenters. The summed E-state index contributed by atoms with van der Waals surface area (Å²) >= 11 is 1.62. The van der Waals surface area contributed by atoms with Crippen molar-refractivity contribution in [2.75, 3.05) is 6.61 Å². The molecule has 0 aliphatic heterocycles. The highest BCUT2D eigenvalue weighted by Crippen LogP contribution is 2.22. The predicted molar refractivity (Wildman–Crippen MR) is 62.2 cm³/mol. The zero-order valence-corrected chi connectivity index (χ0v) is 11.0. The van der Waals surface area contributed by atoms with E-state index >= 15 is 0 Å². The first kappa shape index (κ1) is 14.2. The van der Waals surface area contributed by atoms with Crippen LogP contribution in [0.4, 0.5) is 13.2 Å². The molecule has 0 N–H and O–H groups in total. The van der Waals surface area contributed by atoms with Crippen molar-refractivity contribution < 1.29 is 22.7 Å². The average molecular weight is 359 g/mol. The van der Waals surface area contributed by atoms with Gasteiger partial charge < -0.3 is 4.74 Å². The first-order valence-electron chi connectivity index (χ1n) is 4.74. The molecule has 94 valence electrons. The molecule has 0 saturated heterocycles. The van der Waals surface area contributed by atoms with Crippen molar-refractivity contribution >= 4 is 28.6 Å². The molecule has 0 amide bonds. The second-order valence-corrected chi connectivity index (χ2v) is 4.15. The highest BCUT2D eigenvalue weighted by molar-refractivity contribution is 14.1. The van der Waals surface area contributed by atoms with Crippen LogP contribution in [0, 0.1) is 9.39 Å². The quantitative estimate of drug-likeness (QED) is 0.613. The molecule has 0 aromatic carbocycles. The van der Waals surface area contributed by atoms with Gasteiger partial charge in [0.1, 0.15) is 11.5 Å². The van der Waals surface area contributed by atoms with Crippen LogP contribution in [0.3, 0.4) is 0 Å². The fourth-order valence-electron chi connectivity index (χ4n) is 1.15. The van der Waals surface area contributed by atoms with Crippen molar-refractivity contribution in [3.63, 3.8) is 0 Å². The minimum absolute atomic E-state index is 0.0284. The Morgan fingerprint density at radius 1 is 1.59 bits per heavy atom. The molecule has 1 rings (SSSR count). The van der Waals surface area contributed by atoms with Gasteiger partial charge in [0.25, 0.3) is 6.43 Å². The molecule has 0 radical (unpaired) electrons. The molecule has 0 unspecified atom stereocenters. The number of nitrogens with zero attached hydrogens (tertiary/aromatic N) is 1. The molecule has 17 heavy (non-hydrogen) atoms. The van der Waals surface area contributed by atoms with E-state index in [4.69, 9.17) is 0 Å². The second kappa shape index (κ2) is 6.18. The van der Waals surface area contributed by atoms with Crippen molar-refractivity contribution in [2.24, 2.45) is 0 Å². The van der Waals surface area contributed by atoms with E-state index < -0.39 is 23.9 Å². The van der Waals surface area contributed by atoms with Gasteiger partial charge in [-0.05, 0) is 29.5 Å². The molecule has 0 fully saturated rings. The maximum absolute atomic E-state index is 13.3. The standard InChI is InChI=1S/C10H9F3INO2/c1-2-17-8(16)4-6-9(14)5(11)3-7(15-6)10(12)13/h3,10H,2,4H2,1H3. The second-order valence-electron chi connectivity index (χ2n) is 3.07. The number of carbonyl (C=O) groups is 1. The van der Waals surface area contributed by atoms with Gasteiger partial charge in [-0.25, -0.2) is 18.2 Å². The molecule has 0 aliphatic rings. The fourth-order valence-corrected chi connectivity index (χ4v) is 1.61. The maximum Gasteiger partial charge on any atom is 0.311 e. The van der Waals surface area contributed by atoms with Crippen molar-refractivity contribution in [3.05, 3.63) is 26.8 Å². The summed E-state index contributed by atoms with van der Waals surface area (Å²) in [5.41, 5.74) is -0.707. The van der Waals surface area contributed by atoms with E-state index in [-0.39, 0.29) is 22.3 Å². The summed E-state index contributed by atoms with van der Waals surface area (Å²) in [7, 11) is 0. The third-order valence-corrected chi connectivity index (χ3v) is 2.98. The molecule has 1 aromatic rings. The third-order valence-electron chi connectivity index (χ3n) is 1.84. The average Bonchev–Trinajstić information content (AvgIpc) is 2.24. The maximum atomic E-state index is 13.3. The van der Waals surface area contributed by atoms with E-state index in [1.165, 1.54) is 0 Å². The van der Waals surface area contributed by atoms with Crippen molar-refractivity contribution in [1.82, 2.24) is 4.98 Å². The molecule has 1 heterocycles. The van der Waals surface area contributed by atoms with Gasteiger partial charge in [-0.15, -0.1) is 0 Å². The lowest BCUT2D eigenvalue weighted by Gasteiger charge is -2.07. The number of hydrogen-bond donors (Lipinski definition) is 0. The Bertz CT molecular complexity index is 426. The van der Waals surface area contributed by atoms with E-state index in [0.29, 0.717) is 6.07 Å². The van der Waals surface area contributed by atoms with Crippen LogP contribution in [0.15, 0.2) is 6.07 Å². The van der Waals surface area contributed by atoms with Crippen molar-refractivity contribution in [3.8, 4) is 0 Å². The Morgan fingerprint density at radius 3 is 2.76 bits per heavy atom. The number of halogens is 4. The lowest BCUT2D eigenvalue weighted by atomic mass is 10.2. The van der Waals surface area contributed by atoms with Crippen molar-refractivity contribution in [2.45, 2.75) is 19.8 Å². The van der Waals surface area contributed by atoms with Crippen LogP contribution >= 0.6 is 22.6 Å². The van der Waals surface area contributed by atoms with E-state index in [1.54, 1.807) is 29.5 Å².